The van der Waals surface area contributed by atoms with Crippen molar-refractivity contribution < 1.29 is 9.18 Å². The molecular formula is C21H26Cl2FN3O. The maximum atomic E-state index is 13.3. The first kappa shape index (κ1) is 22.3. The highest BCUT2D eigenvalue weighted by atomic mass is 35.5. The maximum absolute atomic E-state index is 13.3. The number of urea groups is 1. The summed E-state index contributed by atoms with van der Waals surface area (Å²) < 4.78 is 13.3. The average molecular weight is 426 g/mol. The summed E-state index contributed by atoms with van der Waals surface area (Å²) in [6.07, 6.45) is 5.36. The largest absolute Gasteiger partial charge is 0.368 e. The number of anilines is 1. The van der Waals surface area contributed by atoms with Crippen molar-refractivity contribution in [2.45, 2.75) is 26.7 Å². The maximum Gasteiger partial charge on any atom is 0.321 e. The summed E-state index contributed by atoms with van der Waals surface area (Å²) in [5, 5.41) is 3.45. The summed E-state index contributed by atoms with van der Waals surface area (Å²) in [6.45, 7) is 10.5. The first-order valence-corrected chi connectivity index (χ1v) is 10.1. The molecule has 1 N–H and O–H groups in total. The van der Waals surface area contributed by atoms with Gasteiger partial charge in [-0.05, 0) is 43.5 Å². The molecule has 152 valence electrons. The molecule has 4 nitrogen and oxygen atoms in total. The number of amides is 2. The Morgan fingerprint density at radius 3 is 2.57 bits per heavy atom. The Kier molecular flexibility index (Phi) is 8.39. The number of nitrogens with one attached hydrogen (secondary N) is 1. The second-order valence-electron chi connectivity index (χ2n) is 6.45. The summed E-state index contributed by atoms with van der Waals surface area (Å²) in [5.74, 6) is -0.515. The number of benzene rings is 1. The van der Waals surface area contributed by atoms with E-state index in [1.807, 2.05) is 19.1 Å². The van der Waals surface area contributed by atoms with Crippen molar-refractivity contribution in [1.29, 1.82) is 0 Å². The lowest BCUT2D eigenvalue weighted by Crippen LogP contribution is -2.38. The predicted molar refractivity (Wildman–Crippen MR) is 115 cm³/mol. The number of carbonyl (C=O) groups excluding carboxylic acids is 1. The molecule has 2 amide bonds. The standard InChI is InChI=1S/C21H26Cl2FN3O/c1-4-15(5-2)20(17(22)6-3)26-10-7-11-27(13-12-26)21(28)25-16-8-9-19(24)18(23)14-16/h4,6,8-9,14H,1,5,7,10-13H2,2-3H3,(H,25,28)/b17-6+,20-15-. The molecule has 28 heavy (non-hydrogen) atoms. The average Bonchev–Trinajstić information content (AvgIpc) is 2.94. The molecule has 1 aliphatic rings. The normalized spacial score (nSPS) is 16.4. The fraction of sp³-hybridized carbons (Fsp3) is 0.381. The Morgan fingerprint density at radius 1 is 1.29 bits per heavy atom. The number of rotatable bonds is 5. The van der Waals surface area contributed by atoms with Gasteiger partial charge in [-0.3, -0.25) is 0 Å². The molecule has 1 aromatic rings. The summed E-state index contributed by atoms with van der Waals surface area (Å²) >= 11 is 12.3. The molecule has 0 bridgehead atoms. The lowest BCUT2D eigenvalue weighted by Gasteiger charge is -2.28. The van der Waals surface area contributed by atoms with Crippen molar-refractivity contribution in [3.8, 4) is 0 Å². The van der Waals surface area contributed by atoms with Crippen LogP contribution < -0.4 is 5.32 Å². The Labute approximate surface area is 176 Å². The van der Waals surface area contributed by atoms with Gasteiger partial charge in [0.25, 0.3) is 0 Å². The van der Waals surface area contributed by atoms with Crippen LogP contribution in [0.4, 0.5) is 14.9 Å². The number of hydrogen-bond donors (Lipinski definition) is 1. The van der Waals surface area contributed by atoms with Gasteiger partial charge in [0.05, 0.1) is 15.8 Å². The van der Waals surface area contributed by atoms with E-state index in [-0.39, 0.29) is 11.1 Å². The van der Waals surface area contributed by atoms with E-state index in [9.17, 15) is 9.18 Å². The first-order valence-electron chi connectivity index (χ1n) is 9.34. The van der Waals surface area contributed by atoms with Gasteiger partial charge in [-0.1, -0.05) is 48.9 Å². The van der Waals surface area contributed by atoms with Crippen LogP contribution >= 0.6 is 23.2 Å². The van der Waals surface area contributed by atoms with E-state index < -0.39 is 5.82 Å². The van der Waals surface area contributed by atoms with Gasteiger partial charge >= 0.3 is 6.03 Å². The lowest BCUT2D eigenvalue weighted by atomic mass is 10.1. The van der Waals surface area contributed by atoms with Gasteiger partial charge < -0.3 is 15.1 Å². The third-order valence-electron chi connectivity index (χ3n) is 4.68. The second kappa shape index (κ2) is 10.5. The topological polar surface area (TPSA) is 35.6 Å². The summed E-state index contributed by atoms with van der Waals surface area (Å²) in [5.41, 5.74) is 2.53. The molecule has 0 spiro atoms. The molecule has 7 heteroatoms. The fourth-order valence-electron chi connectivity index (χ4n) is 3.17. The summed E-state index contributed by atoms with van der Waals surface area (Å²) in [4.78, 5) is 16.6. The van der Waals surface area contributed by atoms with Gasteiger partial charge in [0.15, 0.2) is 0 Å². The van der Waals surface area contributed by atoms with Crippen LogP contribution in [0.5, 0.6) is 0 Å². The van der Waals surface area contributed by atoms with Crippen molar-refractivity contribution in [3.05, 3.63) is 64.1 Å². The highest BCUT2D eigenvalue weighted by Gasteiger charge is 2.23. The zero-order chi connectivity index (χ0) is 20.7. The predicted octanol–water partition coefficient (Wildman–Crippen LogP) is 6.01. The lowest BCUT2D eigenvalue weighted by molar-refractivity contribution is 0.213. The molecule has 1 saturated heterocycles. The van der Waals surface area contributed by atoms with E-state index >= 15 is 0 Å². The molecule has 0 radical (unpaired) electrons. The molecule has 1 fully saturated rings. The van der Waals surface area contributed by atoms with Crippen LogP contribution in [0.1, 0.15) is 26.7 Å². The van der Waals surface area contributed by atoms with Gasteiger partial charge in [-0.2, -0.15) is 0 Å². The Balaban J connectivity index is 2.11. The van der Waals surface area contributed by atoms with Crippen molar-refractivity contribution in [3.63, 3.8) is 0 Å². The van der Waals surface area contributed by atoms with E-state index in [1.165, 1.54) is 18.2 Å². The van der Waals surface area contributed by atoms with Crippen LogP contribution in [0, 0.1) is 5.82 Å². The van der Waals surface area contributed by atoms with Crippen LogP contribution in [-0.2, 0) is 0 Å². The van der Waals surface area contributed by atoms with Gasteiger partial charge in [0, 0.05) is 31.9 Å². The van der Waals surface area contributed by atoms with E-state index in [1.54, 1.807) is 4.90 Å². The number of nitrogens with zero attached hydrogens (tertiary/aromatic N) is 2. The van der Waals surface area contributed by atoms with Crippen LogP contribution in [0.15, 0.2) is 53.2 Å². The van der Waals surface area contributed by atoms with Crippen molar-refractivity contribution >= 4 is 34.9 Å². The van der Waals surface area contributed by atoms with Crippen molar-refractivity contribution in [2.75, 3.05) is 31.5 Å². The Bertz CT molecular complexity index is 792. The molecule has 0 aliphatic carbocycles. The first-order chi connectivity index (χ1) is 13.4. The smallest absolute Gasteiger partial charge is 0.321 e. The van der Waals surface area contributed by atoms with Crippen LogP contribution in [-0.4, -0.2) is 42.0 Å². The SMILES string of the molecule is C=C/C(CC)=C(\C(Cl)=C/C)N1CCCN(C(=O)Nc2ccc(F)c(Cl)c2)CC1. The molecule has 2 rings (SSSR count). The molecule has 0 atom stereocenters. The zero-order valence-corrected chi connectivity index (χ0v) is 17.8. The third kappa shape index (κ3) is 5.52. The van der Waals surface area contributed by atoms with E-state index in [2.05, 4.69) is 23.7 Å². The molecular weight excluding hydrogens is 400 g/mol. The van der Waals surface area contributed by atoms with E-state index in [0.29, 0.717) is 30.4 Å². The zero-order valence-electron chi connectivity index (χ0n) is 16.3. The number of halogens is 3. The highest BCUT2D eigenvalue weighted by molar-refractivity contribution is 6.32. The Morgan fingerprint density at radius 2 is 1.96 bits per heavy atom. The minimum absolute atomic E-state index is 0.0212. The number of allylic oxidation sites excluding steroid dienone is 4. The number of carbonyl (C=O) groups is 1. The summed E-state index contributed by atoms with van der Waals surface area (Å²) in [7, 11) is 0. The van der Waals surface area contributed by atoms with Crippen molar-refractivity contribution in [1.82, 2.24) is 9.80 Å². The second-order valence-corrected chi connectivity index (χ2v) is 7.27. The molecule has 1 heterocycles. The van der Waals surface area contributed by atoms with Crippen LogP contribution in [0.2, 0.25) is 5.02 Å². The third-order valence-corrected chi connectivity index (χ3v) is 5.37. The molecule has 0 unspecified atom stereocenters. The summed E-state index contributed by atoms with van der Waals surface area (Å²) in [6, 6.07) is 3.91. The van der Waals surface area contributed by atoms with Gasteiger partial charge in [0.1, 0.15) is 5.82 Å². The van der Waals surface area contributed by atoms with E-state index in [0.717, 1.165) is 30.7 Å². The molecule has 1 aromatic carbocycles. The highest BCUT2D eigenvalue weighted by Crippen LogP contribution is 2.27. The minimum Gasteiger partial charge on any atom is -0.368 e. The fourth-order valence-corrected chi connectivity index (χ4v) is 3.59. The van der Waals surface area contributed by atoms with Crippen LogP contribution in [0.25, 0.3) is 0 Å². The van der Waals surface area contributed by atoms with Gasteiger partial charge in [-0.25, -0.2) is 9.18 Å². The van der Waals surface area contributed by atoms with Crippen molar-refractivity contribution in [2.24, 2.45) is 0 Å². The molecule has 1 aliphatic heterocycles. The van der Waals surface area contributed by atoms with Crippen LogP contribution in [0.3, 0.4) is 0 Å². The van der Waals surface area contributed by atoms with Gasteiger partial charge in [0.2, 0.25) is 0 Å². The monoisotopic (exact) mass is 425 g/mol. The number of hydrogen-bond acceptors (Lipinski definition) is 2. The minimum atomic E-state index is -0.515. The molecule has 0 aromatic heterocycles. The Hall–Kier alpha value is -1.98. The quantitative estimate of drug-likeness (QED) is 0.586. The van der Waals surface area contributed by atoms with E-state index in [4.69, 9.17) is 23.2 Å². The van der Waals surface area contributed by atoms with Gasteiger partial charge in [-0.15, -0.1) is 0 Å². The molecule has 0 saturated carbocycles.